The molecule has 1 fully saturated rings. The number of hydrogen-bond acceptors (Lipinski definition) is 5. The number of amides is 1. The molecule has 1 amide bonds. The zero-order chi connectivity index (χ0) is 12.5. The highest BCUT2D eigenvalue weighted by molar-refractivity contribution is 7.17. The largest absolute Gasteiger partial charge is 0.448 e. The van der Waals surface area contributed by atoms with Crippen LogP contribution < -0.4 is 5.56 Å². The molecule has 0 bridgehead atoms. The minimum Gasteiger partial charge on any atom is -0.448 e. The second kappa shape index (κ2) is 4.41. The molecule has 0 N–H and O–H groups in total. The highest BCUT2D eigenvalue weighted by atomic mass is 32.1. The summed E-state index contributed by atoms with van der Waals surface area (Å²) in [6, 6.07) is 1.82. The third-order valence-electron chi connectivity index (χ3n) is 2.89. The van der Waals surface area contributed by atoms with Crippen LogP contribution in [0.3, 0.4) is 0 Å². The first kappa shape index (κ1) is 11.2. The summed E-state index contributed by atoms with van der Waals surface area (Å²) < 4.78 is 7.01. The number of cyclic esters (lactones) is 1. The third-order valence-corrected chi connectivity index (χ3v) is 3.78. The van der Waals surface area contributed by atoms with Crippen molar-refractivity contribution in [2.45, 2.75) is 6.54 Å². The van der Waals surface area contributed by atoms with Gasteiger partial charge in [-0.2, -0.15) is 0 Å². The maximum Gasteiger partial charge on any atom is 0.410 e. The lowest BCUT2D eigenvalue weighted by molar-refractivity contribution is 0.157. The summed E-state index contributed by atoms with van der Waals surface area (Å²) in [7, 11) is 0. The second-order valence-electron chi connectivity index (χ2n) is 3.98. The van der Waals surface area contributed by atoms with Gasteiger partial charge in [0.1, 0.15) is 11.3 Å². The molecule has 0 aliphatic carbocycles. The lowest BCUT2D eigenvalue weighted by Crippen LogP contribution is -2.31. The van der Waals surface area contributed by atoms with Crippen molar-refractivity contribution in [2.75, 3.05) is 19.7 Å². The summed E-state index contributed by atoms with van der Waals surface area (Å²) in [5.41, 5.74) is 0.671. The molecule has 6 nitrogen and oxygen atoms in total. The molecule has 0 atom stereocenters. The minimum absolute atomic E-state index is 0.0532. The fourth-order valence-electron chi connectivity index (χ4n) is 1.90. The van der Waals surface area contributed by atoms with E-state index in [-0.39, 0.29) is 11.7 Å². The average Bonchev–Trinajstić information content (AvgIpc) is 2.98. The van der Waals surface area contributed by atoms with E-state index >= 15 is 0 Å². The second-order valence-corrected chi connectivity index (χ2v) is 4.90. The maximum atomic E-state index is 12.1. The van der Waals surface area contributed by atoms with Crippen LogP contribution in [0.15, 0.2) is 22.6 Å². The number of rotatable bonds is 3. The molecule has 0 aromatic carbocycles. The Morgan fingerprint density at radius 1 is 1.39 bits per heavy atom. The molecule has 0 spiro atoms. The van der Waals surface area contributed by atoms with Crippen LogP contribution in [-0.2, 0) is 11.3 Å². The van der Waals surface area contributed by atoms with Crippen molar-refractivity contribution >= 4 is 27.6 Å². The first-order valence-electron chi connectivity index (χ1n) is 5.60. The number of nitrogens with zero attached hydrogens (tertiary/aromatic N) is 3. The van der Waals surface area contributed by atoms with E-state index in [0.717, 1.165) is 5.52 Å². The SMILES string of the molecule is O=C1OCCN1CCn1cnc2ccsc2c1=O. The number of carbonyl (C=O) groups excluding carboxylic acids is 1. The smallest absolute Gasteiger partial charge is 0.410 e. The molecule has 3 heterocycles. The van der Waals surface area contributed by atoms with Gasteiger partial charge < -0.3 is 9.64 Å². The summed E-state index contributed by atoms with van der Waals surface area (Å²) in [5, 5.41) is 1.85. The van der Waals surface area contributed by atoms with Crippen LogP contribution in [0.5, 0.6) is 0 Å². The Kier molecular flexibility index (Phi) is 2.75. The summed E-state index contributed by atoms with van der Waals surface area (Å²) in [5.74, 6) is 0. The molecule has 3 rings (SSSR count). The van der Waals surface area contributed by atoms with Crippen LogP contribution in [0.1, 0.15) is 0 Å². The minimum atomic E-state index is -0.312. The molecule has 1 aliphatic rings. The molecule has 2 aromatic rings. The lowest BCUT2D eigenvalue weighted by Gasteiger charge is -2.13. The number of fused-ring (bicyclic) bond motifs is 1. The third kappa shape index (κ3) is 1.86. The van der Waals surface area contributed by atoms with Crippen LogP contribution in [-0.4, -0.2) is 40.2 Å². The molecule has 0 radical (unpaired) electrons. The molecule has 7 heteroatoms. The van der Waals surface area contributed by atoms with Gasteiger partial charge in [-0.1, -0.05) is 0 Å². The van der Waals surface area contributed by atoms with E-state index in [1.54, 1.807) is 4.90 Å². The molecule has 1 saturated heterocycles. The van der Waals surface area contributed by atoms with E-state index in [0.29, 0.717) is 30.9 Å². The van der Waals surface area contributed by atoms with E-state index in [4.69, 9.17) is 4.74 Å². The normalized spacial score (nSPS) is 15.3. The fraction of sp³-hybridized carbons (Fsp3) is 0.364. The predicted octanol–water partition coefficient (Wildman–Crippen LogP) is 0.910. The highest BCUT2D eigenvalue weighted by Gasteiger charge is 2.21. The monoisotopic (exact) mass is 265 g/mol. The molecular weight excluding hydrogens is 254 g/mol. The Hall–Kier alpha value is -1.89. The quantitative estimate of drug-likeness (QED) is 0.827. The standard InChI is InChI=1S/C11H11N3O3S/c15-10-9-8(1-6-18-9)12-7-14(10)3-2-13-4-5-17-11(13)16/h1,6-7H,2-5H2. The molecule has 0 saturated carbocycles. The van der Waals surface area contributed by atoms with E-state index in [2.05, 4.69) is 4.98 Å². The van der Waals surface area contributed by atoms with Gasteiger partial charge in [-0.25, -0.2) is 9.78 Å². The Balaban J connectivity index is 1.80. The van der Waals surface area contributed by atoms with Crippen molar-refractivity contribution in [3.63, 3.8) is 0 Å². The molecule has 0 unspecified atom stereocenters. The first-order valence-corrected chi connectivity index (χ1v) is 6.48. The van der Waals surface area contributed by atoms with Crippen molar-refractivity contribution in [1.29, 1.82) is 0 Å². The van der Waals surface area contributed by atoms with Gasteiger partial charge in [0, 0.05) is 13.1 Å². The Bertz CT molecular complexity index is 648. The number of ether oxygens (including phenoxy) is 1. The summed E-state index contributed by atoms with van der Waals surface area (Å²) in [6.07, 6.45) is 1.21. The van der Waals surface area contributed by atoms with Gasteiger partial charge >= 0.3 is 6.09 Å². The molecule has 1 aliphatic heterocycles. The van der Waals surface area contributed by atoms with Gasteiger partial charge in [-0.3, -0.25) is 9.36 Å². The maximum absolute atomic E-state index is 12.1. The van der Waals surface area contributed by atoms with Gasteiger partial charge in [0.15, 0.2) is 0 Å². The zero-order valence-electron chi connectivity index (χ0n) is 9.54. The zero-order valence-corrected chi connectivity index (χ0v) is 10.4. The van der Waals surface area contributed by atoms with Crippen molar-refractivity contribution in [3.8, 4) is 0 Å². The number of thiophene rings is 1. The van der Waals surface area contributed by atoms with Crippen LogP contribution in [0.25, 0.3) is 10.2 Å². The van der Waals surface area contributed by atoms with Crippen LogP contribution in [0.4, 0.5) is 4.79 Å². The highest BCUT2D eigenvalue weighted by Crippen LogP contribution is 2.13. The fourth-order valence-corrected chi connectivity index (χ4v) is 2.69. The molecular formula is C11H11N3O3S. The lowest BCUT2D eigenvalue weighted by atomic mass is 10.4. The number of aromatic nitrogens is 2. The van der Waals surface area contributed by atoms with Gasteiger partial charge in [0.2, 0.25) is 0 Å². The van der Waals surface area contributed by atoms with Gasteiger partial charge in [-0.05, 0) is 11.4 Å². The Morgan fingerprint density at radius 2 is 2.28 bits per heavy atom. The van der Waals surface area contributed by atoms with E-state index < -0.39 is 0 Å². The van der Waals surface area contributed by atoms with E-state index in [1.165, 1.54) is 22.2 Å². The average molecular weight is 265 g/mol. The van der Waals surface area contributed by atoms with Gasteiger partial charge in [0.05, 0.1) is 18.4 Å². The number of hydrogen-bond donors (Lipinski definition) is 0. The van der Waals surface area contributed by atoms with Gasteiger partial charge in [-0.15, -0.1) is 11.3 Å². The van der Waals surface area contributed by atoms with Crippen molar-refractivity contribution in [1.82, 2.24) is 14.5 Å². The number of carbonyl (C=O) groups is 1. The van der Waals surface area contributed by atoms with E-state index in [9.17, 15) is 9.59 Å². The molecule has 2 aromatic heterocycles. The van der Waals surface area contributed by atoms with Gasteiger partial charge in [0.25, 0.3) is 5.56 Å². The first-order chi connectivity index (χ1) is 8.75. The Labute approximate surface area is 106 Å². The van der Waals surface area contributed by atoms with Crippen molar-refractivity contribution in [2.24, 2.45) is 0 Å². The molecule has 18 heavy (non-hydrogen) atoms. The summed E-state index contributed by atoms with van der Waals surface area (Å²) in [4.78, 5) is 29.1. The Morgan fingerprint density at radius 3 is 3.06 bits per heavy atom. The molecule has 94 valence electrons. The van der Waals surface area contributed by atoms with Crippen molar-refractivity contribution < 1.29 is 9.53 Å². The van der Waals surface area contributed by atoms with Crippen molar-refractivity contribution in [3.05, 3.63) is 28.1 Å². The van der Waals surface area contributed by atoms with Crippen LogP contribution in [0.2, 0.25) is 0 Å². The van der Waals surface area contributed by atoms with Crippen LogP contribution >= 0.6 is 11.3 Å². The van der Waals surface area contributed by atoms with Crippen LogP contribution in [0, 0.1) is 0 Å². The summed E-state index contributed by atoms with van der Waals surface area (Å²) >= 11 is 1.39. The predicted molar refractivity (Wildman–Crippen MR) is 66.8 cm³/mol. The topological polar surface area (TPSA) is 64.4 Å². The van der Waals surface area contributed by atoms with E-state index in [1.807, 2.05) is 11.4 Å². The summed E-state index contributed by atoms with van der Waals surface area (Å²) in [6.45, 7) is 1.92.